The van der Waals surface area contributed by atoms with Gasteiger partial charge in [0.1, 0.15) is 5.75 Å². The molecule has 1 aliphatic carbocycles. The summed E-state index contributed by atoms with van der Waals surface area (Å²) in [6, 6.07) is 12.2. The van der Waals surface area contributed by atoms with Crippen LogP contribution in [0.4, 0.5) is 0 Å². The molecular formula is C29H37N3O3. The second kappa shape index (κ2) is 10.0. The molecule has 2 heterocycles. The number of rotatable bonds is 6. The van der Waals surface area contributed by atoms with Crippen LogP contribution in [-0.4, -0.2) is 66.3 Å². The Balaban J connectivity index is 1.74. The number of benzene rings is 2. The minimum Gasteiger partial charge on any atom is -0.497 e. The number of nitrogens with zero attached hydrogens (tertiary/aromatic N) is 3. The predicted octanol–water partition coefficient (Wildman–Crippen LogP) is 5.44. The van der Waals surface area contributed by atoms with Gasteiger partial charge in [-0.2, -0.15) is 0 Å². The molecule has 1 aliphatic heterocycles. The molecule has 186 valence electrons. The summed E-state index contributed by atoms with van der Waals surface area (Å²) in [5.74, 6) is 0.523. The topological polar surface area (TPSA) is 57.9 Å². The quantitative estimate of drug-likeness (QED) is 0.514. The third-order valence-electron chi connectivity index (χ3n) is 7.83. The Morgan fingerprint density at radius 1 is 1.09 bits per heavy atom. The van der Waals surface area contributed by atoms with Gasteiger partial charge in [0.2, 0.25) is 0 Å². The third-order valence-corrected chi connectivity index (χ3v) is 7.83. The van der Waals surface area contributed by atoms with Crippen molar-refractivity contribution in [3.05, 3.63) is 53.1 Å². The van der Waals surface area contributed by atoms with Crippen molar-refractivity contribution >= 4 is 16.9 Å². The molecule has 1 N–H and O–H groups in total. The fourth-order valence-corrected chi connectivity index (χ4v) is 5.99. The number of methoxy groups -OCH3 is 1. The largest absolute Gasteiger partial charge is 0.497 e. The van der Waals surface area contributed by atoms with Gasteiger partial charge in [0.15, 0.2) is 0 Å². The van der Waals surface area contributed by atoms with Crippen molar-refractivity contribution in [2.24, 2.45) is 0 Å². The maximum absolute atomic E-state index is 11.9. The second-order valence-electron chi connectivity index (χ2n) is 10.4. The highest BCUT2D eigenvalue weighted by atomic mass is 16.5. The van der Waals surface area contributed by atoms with Crippen LogP contribution >= 0.6 is 0 Å². The standard InChI is InChI=1S/C29H37N3O3/c1-30(2)13-14-31-15-16-32-26-18-21(29(33)34)9-11-25(26)27(20-7-5-4-6-8-20)28(32)24-12-10-23(35-3)17-22(24)19-31/h9-12,17-18,20H,4-8,13-16,19H2,1-3H3,(H,33,34). The summed E-state index contributed by atoms with van der Waals surface area (Å²) < 4.78 is 8.04. The van der Waals surface area contributed by atoms with E-state index >= 15 is 0 Å². The first-order chi connectivity index (χ1) is 17.0. The lowest BCUT2D eigenvalue weighted by molar-refractivity contribution is 0.0697. The maximum Gasteiger partial charge on any atom is 0.335 e. The lowest BCUT2D eigenvalue weighted by atomic mass is 9.81. The number of carbonyl (C=O) groups is 1. The molecule has 6 nitrogen and oxygen atoms in total. The number of aromatic carboxylic acids is 1. The Kier molecular flexibility index (Phi) is 6.85. The maximum atomic E-state index is 11.9. The van der Waals surface area contributed by atoms with Gasteiger partial charge < -0.3 is 19.3 Å². The van der Waals surface area contributed by atoms with Crippen molar-refractivity contribution in [1.29, 1.82) is 0 Å². The van der Waals surface area contributed by atoms with E-state index in [1.165, 1.54) is 59.9 Å². The van der Waals surface area contributed by atoms with E-state index in [0.717, 1.165) is 44.0 Å². The molecule has 3 aromatic rings. The van der Waals surface area contributed by atoms with E-state index in [1.807, 2.05) is 6.07 Å². The summed E-state index contributed by atoms with van der Waals surface area (Å²) in [5, 5.41) is 11.0. The van der Waals surface area contributed by atoms with E-state index in [4.69, 9.17) is 4.74 Å². The van der Waals surface area contributed by atoms with Crippen molar-refractivity contribution in [2.45, 2.75) is 51.1 Å². The molecule has 0 radical (unpaired) electrons. The molecular weight excluding hydrogens is 438 g/mol. The van der Waals surface area contributed by atoms with Crippen LogP contribution in [0.2, 0.25) is 0 Å². The van der Waals surface area contributed by atoms with E-state index in [-0.39, 0.29) is 0 Å². The Morgan fingerprint density at radius 2 is 1.89 bits per heavy atom. The number of fused-ring (bicyclic) bond motifs is 5. The Morgan fingerprint density at radius 3 is 2.60 bits per heavy atom. The molecule has 0 saturated heterocycles. The summed E-state index contributed by atoms with van der Waals surface area (Å²) in [4.78, 5) is 16.6. The van der Waals surface area contributed by atoms with E-state index in [0.29, 0.717) is 11.5 Å². The number of ether oxygens (including phenoxy) is 1. The monoisotopic (exact) mass is 475 g/mol. The van der Waals surface area contributed by atoms with Gasteiger partial charge in [0.25, 0.3) is 0 Å². The summed E-state index contributed by atoms with van der Waals surface area (Å²) in [7, 11) is 5.96. The summed E-state index contributed by atoms with van der Waals surface area (Å²) >= 11 is 0. The van der Waals surface area contributed by atoms with E-state index in [2.05, 4.69) is 52.7 Å². The SMILES string of the molecule is COc1ccc2c(c1)CN(CCN(C)C)CCn1c-2c(C2CCCCC2)c2ccc(C(=O)O)cc21. The van der Waals surface area contributed by atoms with Crippen LogP contribution in [0.1, 0.15) is 59.5 Å². The van der Waals surface area contributed by atoms with Gasteiger partial charge in [-0.1, -0.05) is 25.3 Å². The van der Waals surface area contributed by atoms with Crippen LogP contribution in [0.3, 0.4) is 0 Å². The normalized spacial score (nSPS) is 17.1. The van der Waals surface area contributed by atoms with Gasteiger partial charge in [0.05, 0.1) is 18.4 Å². The number of likely N-dealkylation sites (N-methyl/N-ethyl adjacent to an activating group) is 1. The van der Waals surface area contributed by atoms with Crippen LogP contribution < -0.4 is 4.74 Å². The summed E-state index contributed by atoms with van der Waals surface area (Å²) in [6.45, 7) is 4.62. The molecule has 1 aromatic heterocycles. The average molecular weight is 476 g/mol. The van der Waals surface area contributed by atoms with Gasteiger partial charge in [0, 0.05) is 49.2 Å². The fourth-order valence-electron chi connectivity index (χ4n) is 5.99. The highest BCUT2D eigenvalue weighted by Gasteiger charge is 2.29. The molecule has 0 bridgehead atoms. The van der Waals surface area contributed by atoms with Crippen LogP contribution in [0.5, 0.6) is 5.75 Å². The van der Waals surface area contributed by atoms with Gasteiger partial charge in [-0.3, -0.25) is 4.90 Å². The van der Waals surface area contributed by atoms with Gasteiger partial charge in [-0.25, -0.2) is 4.79 Å². The Bertz CT molecular complexity index is 1220. The van der Waals surface area contributed by atoms with Crippen molar-refractivity contribution in [2.75, 3.05) is 40.8 Å². The zero-order valence-corrected chi connectivity index (χ0v) is 21.2. The molecule has 2 aliphatic rings. The molecule has 5 rings (SSSR count). The lowest BCUT2D eigenvalue weighted by Crippen LogP contribution is -2.35. The number of hydrogen-bond donors (Lipinski definition) is 1. The third kappa shape index (κ3) is 4.69. The van der Waals surface area contributed by atoms with Crippen LogP contribution in [0.15, 0.2) is 36.4 Å². The van der Waals surface area contributed by atoms with Crippen LogP contribution in [0, 0.1) is 0 Å². The molecule has 0 amide bonds. The Labute approximate surface area is 208 Å². The fraction of sp³-hybridized carbons (Fsp3) is 0.483. The van der Waals surface area contributed by atoms with Gasteiger partial charge >= 0.3 is 5.97 Å². The predicted molar refractivity (Wildman–Crippen MR) is 141 cm³/mol. The molecule has 1 fully saturated rings. The first kappa shape index (κ1) is 23.9. The Hall–Kier alpha value is -2.83. The number of aromatic nitrogens is 1. The molecule has 0 atom stereocenters. The molecule has 35 heavy (non-hydrogen) atoms. The van der Waals surface area contributed by atoms with Gasteiger partial charge in [-0.15, -0.1) is 0 Å². The number of carboxylic acid groups (broad SMARTS) is 1. The molecule has 0 unspecified atom stereocenters. The molecule has 0 spiro atoms. The van der Waals surface area contributed by atoms with Crippen molar-refractivity contribution in [3.63, 3.8) is 0 Å². The summed E-state index contributed by atoms with van der Waals surface area (Å²) in [5.41, 5.74) is 6.66. The summed E-state index contributed by atoms with van der Waals surface area (Å²) in [6.07, 6.45) is 6.23. The average Bonchev–Trinajstić information content (AvgIpc) is 3.17. The van der Waals surface area contributed by atoms with Crippen molar-refractivity contribution in [3.8, 4) is 17.0 Å². The first-order valence-corrected chi connectivity index (χ1v) is 12.9. The second-order valence-corrected chi connectivity index (χ2v) is 10.4. The van der Waals surface area contributed by atoms with Crippen LogP contribution in [-0.2, 0) is 13.1 Å². The zero-order chi connectivity index (χ0) is 24.5. The first-order valence-electron chi connectivity index (χ1n) is 12.9. The van der Waals surface area contributed by atoms with Gasteiger partial charge in [-0.05, 0) is 74.3 Å². The minimum absolute atomic E-state index is 0.356. The number of hydrogen-bond acceptors (Lipinski definition) is 4. The number of carboxylic acids is 1. The minimum atomic E-state index is -0.870. The van der Waals surface area contributed by atoms with E-state index < -0.39 is 5.97 Å². The molecule has 2 aromatic carbocycles. The van der Waals surface area contributed by atoms with Crippen molar-refractivity contribution in [1.82, 2.24) is 14.4 Å². The molecule has 1 saturated carbocycles. The molecule has 6 heteroatoms. The smallest absolute Gasteiger partial charge is 0.335 e. The zero-order valence-electron chi connectivity index (χ0n) is 21.2. The van der Waals surface area contributed by atoms with Crippen LogP contribution in [0.25, 0.3) is 22.2 Å². The highest BCUT2D eigenvalue weighted by Crippen LogP contribution is 2.46. The lowest BCUT2D eigenvalue weighted by Gasteiger charge is -2.30. The van der Waals surface area contributed by atoms with E-state index in [1.54, 1.807) is 13.2 Å². The van der Waals surface area contributed by atoms with Crippen molar-refractivity contribution < 1.29 is 14.6 Å². The highest BCUT2D eigenvalue weighted by molar-refractivity contribution is 5.98. The van der Waals surface area contributed by atoms with E-state index in [9.17, 15) is 9.90 Å².